The second-order valence-corrected chi connectivity index (χ2v) is 7.36. The first kappa shape index (κ1) is 17.4. The number of amides is 1. The van der Waals surface area contributed by atoms with E-state index in [1.54, 1.807) is 34.6 Å². The Morgan fingerprint density at radius 1 is 1.30 bits per heavy atom. The van der Waals surface area contributed by atoms with Crippen molar-refractivity contribution in [2.45, 2.75) is 12.7 Å². The molecule has 0 bridgehead atoms. The molecule has 0 radical (unpaired) electrons. The van der Waals surface area contributed by atoms with E-state index in [1.165, 1.54) is 18.2 Å². The highest BCUT2D eigenvalue weighted by atomic mass is 35.5. The molecular weight excluding hydrogens is 388 g/mol. The Bertz CT molecular complexity index is 1030. The van der Waals surface area contributed by atoms with Gasteiger partial charge in [0, 0.05) is 23.2 Å². The molecule has 3 heterocycles. The summed E-state index contributed by atoms with van der Waals surface area (Å²) < 4.78 is 0. The molecule has 27 heavy (non-hydrogen) atoms. The zero-order valence-corrected chi connectivity index (χ0v) is 15.4. The molecule has 1 aliphatic rings. The van der Waals surface area contributed by atoms with E-state index in [0.717, 1.165) is 4.88 Å². The second-order valence-electron chi connectivity index (χ2n) is 5.92. The molecule has 0 spiro atoms. The number of carbonyl (C=O) groups excluding carboxylic acids is 1. The number of nitrogens with one attached hydrogen (secondary N) is 1. The molecular formula is C18H13ClN4O3S. The number of anilines is 1. The lowest BCUT2D eigenvalue weighted by Gasteiger charge is -2.26. The molecule has 136 valence electrons. The number of nitro benzene ring substituents is 1. The Kier molecular flexibility index (Phi) is 4.51. The Morgan fingerprint density at radius 3 is 2.85 bits per heavy atom. The van der Waals surface area contributed by atoms with Crippen molar-refractivity contribution in [3.05, 3.63) is 85.3 Å². The molecule has 1 atom stereocenters. The number of hydrogen-bond acceptors (Lipinski definition) is 6. The molecule has 0 aliphatic carbocycles. The van der Waals surface area contributed by atoms with Gasteiger partial charge in [0.05, 0.1) is 33.4 Å². The van der Waals surface area contributed by atoms with Crippen LogP contribution in [0.25, 0.3) is 0 Å². The van der Waals surface area contributed by atoms with Gasteiger partial charge in [-0.2, -0.15) is 0 Å². The van der Waals surface area contributed by atoms with Crippen LogP contribution >= 0.6 is 22.9 Å². The van der Waals surface area contributed by atoms with Crippen molar-refractivity contribution in [2.24, 2.45) is 0 Å². The van der Waals surface area contributed by atoms with Crippen LogP contribution in [-0.2, 0) is 6.54 Å². The number of carbonyl (C=O) groups is 1. The minimum Gasteiger partial charge on any atom is -0.359 e. The standard InChI is InChI=1S/C18H13ClN4O3S/c19-14-9-11(23(25)26)5-6-15(14)21-17-16-13(4-1-7-20-16)18(24)22(17)10-12-3-2-8-27-12/h1-9,17,21H,10H2. The highest BCUT2D eigenvalue weighted by Crippen LogP contribution is 2.37. The first-order chi connectivity index (χ1) is 13.0. The number of rotatable bonds is 5. The minimum atomic E-state index is -0.519. The maximum Gasteiger partial charge on any atom is 0.271 e. The Labute approximate surface area is 163 Å². The van der Waals surface area contributed by atoms with Crippen molar-refractivity contribution < 1.29 is 9.72 Å². The van der Waals surface area contributed by atoms with E-state index in [9.17, 15) is 14.9 Å². The first-order valence-electron chi connectivity index (χ1n) is 8.03. The van der Waals surface area contributed by atoms with E-state index in [2.05, 4.69) is 10.3 Å². The highest BCUT2D eigenvalue weighted by molar-refractivity contribution is 7.09. The average molecular weight is 401 g/mol. The summed E-state index contributed by atoms with van der Waals surface area (Å²) in [5.41, 5.74) is 1.54. The maximum atomic E-state index is 12.9. The van der Waals surface area contributed by atoms with Gasteiger partial charge in [-0.25, -0.2) is 0 Å². The zero-order chi connectivity index (χ0) is 19.0. The van der Waals surface area contributed by atoms with Crippen molar-refractivity contribution in [3.8, 4) is 0 Å². The predicted molar refractivity (Wildman–Crippen MR) is 103 cm³/mol. The molecule has 0 fully saturated rings. The van der Waals surface area contributed by atoms with Crippen LogP contribution in [0.15, 0.2) is 54.0 Å². The summed E-state index contributed by atoms with van der Waals surface area (Å²) in [4.78, 5) is 30.4. The Balaban J connectivity index is 1.69. The zero-order valence-electron chi connectivity index (χ0n) is 13.8. The molecule has 7 nitrogen and oxygen atoms in total. The van der Waals surface area contributed by atoms with Gasteiger partial charge >= 0.3 is 0 Å². The average Bonchev–Trinajstić information content (AvgIpc) is 3.26. The summed E-state index contributed by atoms with van der Waals surface area (Å²) in [5.74, 6) is -0.123. The summed E-state index contributed by atoms with van der Waals surface area (Å²) in [6.45, 7) is 0.426. The van der Waals surface area contributed by atoms with Crippen LogP contribution in [0, 0.1) is 10.1 Å². The fraction of sp³-hybridized carbons (Fsp3) is 0.111. The maximum absolute atomic E-state index is 12.9. The van der Waals surface area contributed by atoms with Gasteiger partial charge < -0.3 is 10.2 Å². The van der Waals surface area contributed by atoms with Gasteiger partial charge in [0.15, 0.2) is 0 Å². The fourth-order valence-electron chi connectivity index (χ4n) is 3.00. The van der Waals surface area contributed by atoms with Gasteiger partial charge in [-0.3, -0.25) is 19.9 Å². The molecule has 0 saturated carbocycles. The molecule has 9 heteroatoms. The predicted octanol–water partition coefficient (Wildman–Crippen LogP) is 4.47. The highest BCUT2D eigenvalue weighted by Gasteiger charge is 2.38. The van der Waals surface area contributed by atoms with Crippen molar-refractivity contribution in [1.29, 1.82) is 0 Å². The van der Waals surface area contributed by atoms with Crippen LogP contribution in [0.4, 0.5) is 11.4 Å². The number of thiophene rings is 1. The first-order valence-corrected chi connectivity index (χ1v) is 9.29. The van der Waals surface area contributed by atoms with Gasteiger partial charge in [0.25, 0.3) is 11.6 Å². The number of aromatic nitrogens is 1. The summed E-state index contributed by atoms with van der Waals surface area (Å²) in [7, 11) is 0. The van der Waals surface area contributed by atoms with Crippen LogP contribution in [0.5, 0.6) is 0 Å². The van der Waals surface area contributed by atoms with Gasteiger partial charge in [0.2, 0.25) is 0 Å². The van der Waals surface area contributed by atoms with Gasteiger partial charge in [-0.15, -0.1) is 11.3 Å². The molecule has 2 aromatic heterocycles. The normalized spacial score (nSPS) is 15.7. The summed E-state index contributed by atoms with van der Waals surface area (Å²) in [6, 6.07) is 11.5. The third kappa shape index (κ3) is 3.24. The van der Waals surface area contributed by atoms with E-state index in [-0.39, 0.29) is 16.6 Å². The number of fused-ring (bicyclic) bond motifs is 1. The van der Waals surface area contributed by atoms with Crippen molar-refractivity contribution in [3.63, 3.8) is 0 Å². The minimum absolute atomic E-state index is 0.0954. The van der Waals surface area contributed by atoms with Gasteiger partial charge in [-0.05, 0) is 29.6 Å². The smallest absolute Gasteiger partial charge is 0.271 e. The number of hydrogen-bond donors (Lipinski definition) is 1. The van der Waals surface area contributed by atoms with Crippen LogP contribution in [0.1, 0.15) is 27.1 Å². The fourth-order valence-corrected chi connectivity index (χ4v) is 3.93. The quantitative estimate of drug-likeness (QED) is 0.504. The van der Waals surface area contributed by atoms with E-state index < -0.39 is 11.1 Å². The van der Waals surface area contributed by atoms with Crippen LogP contribution in [0.2, 0.25) is 5.02 Å². The monoisotopic (exact) mass is 400 g/mol. The SMILES string of the molecule is O=C1c2cccnc2C(Nc2ccc([N+](=O)[O-])cc2Cl)N1Cc1cccs1. The molecule has 1 amide bonds. The number of nitrogens with zero attached hydrogens (tertiary/aromatic N) is 3. The third-order valence-corrected chi connectivity index (χ3v) is 5.44. The molecule has 0 saturated heterocycles. The van der Waals surface area contributed by atoms with Crippen molar-refractivity contribution in [2.75, 3.05) is 5.32 Å². The molecule has 1 aliphatic heterocycles. The largest absolute Gasteiger partial charge is 0.359 e. The molecule has 1 unspecified atom stereocenters. The van der Waals surface area contributed by atoms with E-state index in [1.807, 2.05) is 17.5 Å². The third-order valence-electron chi connectivity index (χ3n) is 4.26. The topological polar surface area (TPSA) is 88.4 Å². The number of benzene rings is 1. The van der Waals surface area contributed by atoms with Crippen molar-refractivity contribution in [1.82, 2.24) is 9.88 Å². The van der Waals surface area contributed by atoms with E-state index >= 15 is 0 Å². The number of halogens is 1. The number of nitro groups is 1. The molecule has 3 aromatic rings. The molecule has 1 N–H and O–H groups in total. The van der Waals surface area contributed by atoms with E-state index in [0.29, 0.717) is 23.5 Å². The van der Waals surface area contributed by atoms with Crippen LogP contribution in [-0.4, -0.2) is 20.7 Å². The summed E-state index contributed by atoms with van der Waals surface area (Å²) in [6.07, 6.45) is 1.11. The summed E-state index contributed by atoms with van der Waals surface area (Å²) >= 11 is 7.78. The van der Waals surface area contributed by atoms with Crippen LogP contribution < -0.4 is 5.32 Å². The van der Waals surface area contributed by atoms with Gasteiger partial charge in [-0.1, -0.05) is 17.7 Å². The van der Waals surface area contributed by atoms with Gasteiger partial charge in [0.1, 0.15) is 6.17 Å². The molecule has 1 aromatic carbocycles. The lowest BCUT2D eigenvalue weighted by Crippen LogP contribution is -2.31. The van der Waals surface area contributed by atoms with Crippen molar-refractivity contribution >= 4 is 40.2 Å². The number of non-ortho nitro benzene ring substituents is 1. The second kappa shape index (κ2) is 6.98. The lowest BCUT2D eigenvalue weighted by molar-refractivity contribution is -0.384. The van der Waals surface area contributed by atoms with Crippen LogP contribution in [0.3, 0.4) is 0 Å². The molecule has 4 rings (SSSR count). The summed E-state index contributed by atoms with van der Waals surface area (Å²) in [5, 5.41) is 16.3. The Hall–Kier alpha value is -2.97. The van der Waals surface area contributed by atoms with E-state index in [4.69, 9.17) is 11.6 Å². The lowest BCUT2D eigenvalue weighted by atomic mass is 10.2. The number of pyridine rings is 1. The Morgan fingerprint density at radius 2 is 2.15 bits per heavy atom.